The Morgan fingerprint density at radius 2 is 1.50 bits per heavy atom. The van der Waals surface area contributed by atoms with E-state index in [0.29, 0.717) is 0 Å². The zero-order chi connectivity index (χ0) is 14.8. The molecule has 0 bridgehead atoms. The fourth-order valence-corrected chi connectivity index (χ4v) is 18.2. The van der Waals surface area contributed by atoms with Gasteiger partial charge in [0.05, 0.1) is 0 Å². The molecule has 3 nitrogen and oxygen atoms in total. The third kappa shape index (κ3) is 4.97. The van der Waals surface area contributed by atoms with Crippen LogP contribution in [0.3, 0.4) is 0 Å². The third-order valence-electron chi connectivity index (χ3n) is 4.34. The minimum atomic E-state index is -2.31. The summed E-state index contributed by atoms with van der Waals surface area (Å²) in [5.41, 5.74) is 0. The fraction of sp³-hybridized carbons (Fsp3) is 0.812. The van der Waals surface area contributed by atoms with Gasteiger partial charge >= 0.3 is 129 Å². The van der Waals surface area contributed by atoms with Gasteiger partial charge in [-0.05, 0) is 0 Å². The summed E-state index contributed by atoms with van der Waals surface area (Å²) in [6.45, 7) is 6.93. The van der Waals surface area contributed by atoms with Gasteiger partial charge in [0.25, 0.3) is 0 Å². The topological polar surface area (TPSA) is 27.1 Å². The van der Waals surface area contributed by atoms with Crippen LogP contribution in [0.15, 0.2) is 12.5 Å². The van der Waals surface area contributed by atoms with Crippen molar-refractivity contribution < 1.29 is 4.84 Å². The molecule has 20 heavy (non-hydrogen) atoms. The van der Waals surface area contributed by atoms with Crippen molar-refractivity contribution in [2.75, 3.05) is 7.11 Å². The Bertz CT molecular complexity index is 343. The van der Waals surface area contributed by atoms with Gasteiger partial charge in [0.2, 0.25) is 0 Å². The van der Waals surface area contributed by atoms with Gasteiger partial charge in [-0.3, -0.25) is 0 Å². The van der Waals surface area contributed by atoms with E-state index in [1.165, 1.54) is 55.5 Å². The number of aromatic nitrogens is 2. The molecule has 0 amide bonds. The summed E-state index contributed by atoms with van der Waals surface area (Å²) < 4.78 is 7.62. The van der Waals surface area contributed by atoms with Crippen LogP contribution in [-0.4, -0.2) is 35.2 Å². The normalized spacial score (nSPS) is 11.8. The van der Waals surface area contributed by atoms with E-state index in [9.17, 15) is 0 Å². The van der Waals surface area contributed by atoms with Gasteiger partial charge in [-0.2, -0.15) is 0 Å². The van der Waals surface area contributed by atoms with Gasteiger partial charge in [0, 0.05) is 0 Å². The van der Waals surface area contributed by atoms with E-state index in [1.54, 1.807) is 11.8 Å². The molecule has 0 aliphatic carbocycles. The molecule has 1 rings (SSSR count). The maximum absolute atomic E-state index is 5.29. The van der Waals surface area contributed by atoms with Gasteiger partial charge in [-0.25, -0.2) is 0 Å². The molecule has 0 atom stereocenters. The molecule has 4 heteroatoms. The minimum absolute atomic E-state index is 1.31. The van der Waals surface area contributed by atoms with E-state index in [1.807, 2.05) is 6.33 Å². The molecular weight excluding hydrogens is 355 g/mol. The quantitative estimate of drug-likeness (QED) is 0.537. The van der Waals surface area contributed by atoms with Crippen molar-refractivity contribution in [3.8, 4) is 0 Å². The van der Waals surface area contributed by atoms with Crippen LogP contribution >= 0.6 is 0 Å². The first-order valence-electron chi connectivity index (χ1n) is 8.31. The predicted molar refractivity (Wildman–Crippen MR) is 89.3 cm³/mol. The second-order valence-electron chi connectivity index (χ2n) is 5.89. The SMILES string of the molecule is CCC[CH2][Sn]([CH2]CCC)([CH2]CCC)[c]1cn(OC)cn1. The molecule has 0 aliphatic heterocycles. The summed E-state index contributed by atoms with van der Waals surface area (Å²) in [6, 6.07) is 0. The Balaban J connectivity index is 2.97. The first kappa shape index (κ1) is 17.9. The Kier molecular flexibility index (Phi) is 8.65. The van der Waals surface area contributed by atoms with Crippen LogP contribution in [0, 0.1) is 0 Å². The van der Waals surface area contributed by atoms with Gasteiger partial charge in [-0.1, -0.05) is 0 Å². The number of rotatable bonds is 11. The predicted octanol–water partition coefficient (Wildman–Crippen LogP) is 4.00. The van der Waals surface area contributed by atoms with Crippen LogP contribution in [0.2, 0.25) is 13.3 Å². The summed E-state index contributed by atoms with van der Waals surface area (Å²) in [7, 11) is 1.72. The van der Waals surface area contributed by atoms with Crippen LogP contribution in [0.4, 0.5) is 0 Å². The fourth-order valence-electron chi connectivity index (χ4n) is 2.98. The van der Waals surface area contributed by atoms with Crippen molar-refractivity contribution in [1.82, 2.24) is 9.71 Å². The molecule has 1 heterocycles. The Morgan fingerprint density at radius 1 is 1.00 bits per heavy atom. The number of unbranched alkanes of at least 4 members (excludes halogenated alkanes) is 3. The van der Waals surface area contributed by atoms with Crippen LogP contribution in [0.25, 0.3) is 0 Å². The molecule has 0 radical (unpaired) electrons. The van der Waals surface area contributed by atoms with Crippen molar-refractivity contribution in [2.24, 2.45) is 0 Å². The van der Waals surface area contributed by atoms with Crippen molar-refractivity contribution in [3.63, 3.8) is 0 Å². The zero-order valence-corrected chi connectivity index (χ0v) is 16.7. The van der Waals surface area contributed by atoms with Gasteiger partial charge in [0.15, 0.2) is 0 Å². The van der Waals surface area contributed by atoms with Gasteiger partial charge < -0.3 is 0 Å². The zero-order valence-electron chi connectivity index (χ0n) is 13.8. The van der Waals surface area contributed by atoms with E-state index in [4.69, 9.17) is 9.82 Å². The molecule has 0 unspecified atom stereocenters. The molecule has 0 saturated carbocycles. The second-order valence-corrected chi connectivity index (χ2v) is 18.9. The van der Waals surface area contributed by atoms with Crippen molar-refractivity contribution in [1.29, 1.82) is 0 Å². The molecule has 0 saturated heterocycles. The van der Waals surface area contributed by atoms with E-state index < -0.39 is 18.4 Å². The average molecular weight is 387 g/mol. The van der Waals surface area contributed by atoms with Crippen molar-refractivity contribution in [2.45, 2.75) is 72.6 Å². The molecule has 1 aromatic heterocycles. The summed E-state index contributed by atoms with van der Waals surface area (Å²) in [5.74, 6) is 0. The summed E-state index contributed by atoms with van der Waals surface area (Å²) in [4.78, 5) is 10.0. The van der Waals surface area contributed by atoms with Crippen molar-refractivity contribution >= 4 is 22.1 Å². The molecule has 1 aromatic rings. The Hall–Kier alpha value is -0.191. The first-order valence-corrected chi connectivity index (χ1v) is 15.8. The van der Waals surface area contributed by atoms with Crippen LogP contribution in [0.5, 0.6) is 0 Å². The van der Waals surface area contributed by atoms with Crippen molar-refractivity contribution in [3.05, 3.63) is 12.5 Å². The number of hydrogen-bond acceptors (Lipinski definition) is 2. The molecular formula is C16H32N2OSn. The monoisotopic (exact) mass is 388 g/mol. The summed E-state index contributed by atoms with van der Waals surface area (Å²) in [5, 5.41) is 0. The Labute approximate surface area is 128 Å². The van der Waals surface area contributed by atoms with Crippen LogP contribution < -0.4 is 8.55 Å². The van der Waals surface area contributed by atoms with E-state index in [-0.39, 0.29) is 0 Å². The number of imidazole rings is 1. The first-order chi connectivity index (χ1) is 9.72. The standard InChI is InChI=1S/C4H5N2O.3C4H9.Sn/c1-7-6-3-2-5-4-6;3*1-3-4-2;/h3-4H,1H3;3*1,3-4H2,2H3;. The second kappa shape index (κ2) is 9.69. The molecule has 116 valence electrons. The molecule has 0 aromatic carbocycles. The van der Waals surface area contributed by atoms with E-state index >= 15 is 0 Å². The summed E-state index contributed by atoms with van der Waals surface area (Å²) in [6.07, 6.45) is 12.1. The molecule has 0 aliphatic rings. The van der Waals surface area contributed by atoms with Gasteiger partial charge in [0.1, 0.15) is 0 Å². The van der Waals surface area contributed by atoms with E-state index in [0.717, 1.165) is 0 Å². The molecule has 0 N–H and O–H groups in total. The van der Waals surface area contributed by atoms with Crippen LogP contribution in [0.1, 0.15) is 59.3 Å². The van der Waals surface area contributed by atoms with Crippen LogP contribution in [-0.2, 0) is 0 Å². The average Bonchev–Trinajstić information content (AvgIpc) is 2.96. The Morgan fingerprint density at radius 3 is 1.85 bits per heavy atom. The molecule has 0 spiro atoms. The third-order valence-corrected chi connectivity index (χ3v) is 19.4. The maximum atomic E-state index is 5.29. The van der Waals surface area contributed by atoms with Gasteiger partial charge in [-0.15, -0.1) is 0 Å². The van der Waals surface area contributed by atoms with E-state index in [2.05, 4.69) is 27.0 Å². The number of nitrogens with zero attached hydrogens (tertiary/aromatic N) is 2. The number of hydrogen-bond donors (Lipinski definition) is 0. The summed E-state index contributed by atoms with van der Waals surface area (Å²) >= 11 is -2.31. The molecule has 0 fully saturated rings.